The lowest BCUT2D eigenvalue weighted by Crippen LogP contribution is -2.41. The molecule has 0 radical (unpaired) electrons. The maximum atomic E-state index is 12.7. The van der Waals surface area contributed by atoms with Gasteiger partial charge in [-0.3, -0.25) is 19.7 Å². The molecular formula is C24H19ClN4O5. The van der Waals surface area contributed by atoms with Gasteiger partial charge in [-0.1, -0.05) is 23.7 Å². The van der Waals surface area contributed by atoms with Crippen LogP contribution in [-0.2, 0) is 15.3 Å². The van der Waals surface area contributed by atoms with Gasteiger partial charge in [0, 0.05) is 42.1 Å². The zero-order valence-electron chi connectivity index (χ0n) is 18.2. The molecule has 0 unspecified atom stereocenters. The van der Waals surface area contributed by atoms with Gasteiger partial charge in [0.1, 0.15) is 0 Å². The van der Waals surface area contributed by atoms with E-state index in [2.05, 4.69) is 10.4 Å². The number of halogens is 1. The molecule has 34 heavy (non-hydrogen) atoms. The molecule has 0 bridgehead atoms. The topological polar surface area (TPSA) is 114 Å². The summed E-state index contributed by atoms with van der Waals surface area (Å²) in [4.78, 5) is 35.7. The number of hydrazone groups is 1. The largest absolute Gasteiger partial charge is 0.443 e. The Morgan fingerprint density at radius 2 is 1.71 bits per heavy atom. The number of nitro groups is 1. The number of rotatable bonds is 5. The van der Waals surface area contributed by atoms with Crippen molar-refractivity contribution in [2.45, 2.75) is 19.6 Å². The molecule has 0 saturated heterocycles. The van der Waals surface area contributed by atoms with Crippen molar-refractivity contribution in [2.24, 2.45) is 5.10 Å². The minimum Gasteiger partial charge on any atom is -0.443 e. The molecule has 1 N–H and O–H groups in total. The maximum Gasteiger partial charge on any atom is 0.269 e. The lowest BCUT2D eigenvalue weighted by Gasteiger charge is -2.31. The van der Waals surface area contributed by atoms with E-state index >= 15 is 0 Å². The fourth-order valence-corrected chi connectivity index (χ4v) is 3.69. The second kappa shape index (κ2) is 8.95. The molecule has 4 rings (SSSR count). The first-order valence-corrected chi connectivity index (χ1v) is 10.6. The van der Waals surface area contributed by atoms with Crippen LogP contribution in [0.15, 0.2) is 77.9 Å². The number of amides is 2. The summed E-state index contributed by atoms with van der Waals surface area (Å²) in [5.41, 5.74) is 0.364. The molecule has 10 heteroatoms. The number of carbonyl (C=O) groups is 2. The zero-order valence-corrected chi connectivity index (χ0v) is 18.9. The highest BCUT2D eigenvalue weighted by molar-refractivity contribution is 6.30. The lowest BCUT2D eigenvalue weighted by atomic mass is 10.0. The van der Waals surface area contributed by atoms with Gasteiger partial charge < -0.3 is 10.1 Å². The van der Waals surface area contributed by atoms with Crippen molar-refractivity contribution < 1.29 is 19.2 Å². The highest BCUT2D eigenvalue weighted by Gasteiger charge is 2.45. The summed E-state index contributed by atoms with van der Waals surface area (Å²) in [7, 11) is 0. The van der Waals surface area contributed by atoms with Crippen molar-refractivity contribution in [3.63, 3.8) is 0 Å². The number of hydrogen-bond donors (Lipinski definition) is 1. The van der Waals surface area contributed by atoms with Crippen LogP contribution in [0.3, 0.4) is 0 Å². The van der Waals surface area contributed by atoms with E-state index < -0.39 is 16.6 Å². The number of carbonyl (C=O) groups excluding carboxylic acids is 2. The van der Waals surface area contributed by atoms with Gasteiger partial charge in [0.25, 0.3) is 11.6 Å². The molecule has 172 valence electrons. The average molecular weight is 479 g/mol. The van der Waals surface area contributed by atoms with Crippen LogP contribution in [0.25, 0.3) is 0 Å². The number of nitrogens with zero attached hydrogens (tertiary/aromatic N) is 3. The van der Waals surface area contributed by atoms with E-state index in [9.17, 15) is 19.7 Å². The van der Waals surface area contributed by atoms with Gasteiger partial charge >= 0.3 is 0 Å². The summed E-state index contributed by atoms with van der Waals surface area (Å²) in [5.74, 6) is -0.633. The normalized spacial score (nSPS) is 17.0. The zero-order chi connectivity index (χ0) is 24.5. The SMILES string of the molecule is CC(=O)N1N=C(c2ccccc2NC(=O)c2ccc(Cl)cc2)O[C@@]1(C)c1ccc([N+](=O)[O-])cc1. The fraction of sp³-hybridized carbons (Fsp3) is 0.125. The molecule has 2 amide bonds. The quantitative estimate of drug-likeness (QED) is 0.413. The Hall–Kier alpha value is -4.24. The molecule has 1 aliphatic heterocycles. The van der Waals surface area contributed by atoms with E-state index in [4.69, 9.17) is 16.3 Å². The van der Waals surface area contributed by atoms with Gasteiger partial charge in [-0.25, -0.2) is 0 Å². The summed E-state index contributed by atoms with van der Waals surface area (Å²) in [6, 6.07) is 19.0. The standard InChI is InChI=1S/C24H19ClN4O5/c1-15(30)28-24(2,17-9-13-19(14-10-17)29(32)33)34-23(27-28)20-5-3-4-6-21(20)26-22(31)16-7-11-18(25)12-8-16/h3-14H,1-2H3,(H,26,31)/t24-/m0/s1. The first-order valence-electron chi connectivity index (χ1n) is 10.2. The van der Waals surface area contributed by atoms with Crippen molar-refractivity contribution in [1.29, 1.82) is 0 Å². The van der Waals surface area contributed by atoms with Crippen molar-refractivity contribution >= 4 is 40.7 Å². The molecule has 3 aromatic carbocycles. The molecule has 1 heterocycles. The summed E-state index contributed by atoms with van der Waals surface area (Å²) < 4.78 is 6.16. The van der Waals surface area contributed by atoms with Crippen LogP contribution in [0, 0.1) is 10.1 Å². The summed E-state index contributed by atoms with van der Waals surface area (Å²) in [6.45, 7) is 2.98. The highest BCUT2D eigenvalue weighted by atomic mass is 35.5. The van der Waals surface area contributed by atoms with Crippen LogP contribution in [0.4, 0.5) is 11.4 Å². The summed E-state index contributed by atoms with van der Waals surface area (Å²) >= 11 is 5.90. The number of non-ortho nitro benzene ring substituents is 1. The van der Waals surface area contributed by atoms with Crippen LogP contribution in [0.2, 0.25) is 5.02 Å². The molecular weight excluding hydrogens is 460 g/mol. The van der Waals surface area contributed by atoms with Gasteiger partial charge in [-0.05, 0) is 48.5 Å². The number of nitrogens with one attached hydrogen (secondary N) is 1. The van der Waals surface area contributed by atoms with Gasteiger partial charge in [0.2, 0.25) is 17.5 Å². The molecule has 1 atom stereocenters. The van der Waals surface area contributed by atoms with Gasteiger partial charge in [0.05, 0.1) is 16.2 Å². The Kier molecular flexibility index (Phi) is 6.04. The van der Waals surface area contributed by atoms with Crippen LogP contribution in [0.5, 0.6) is 0 Å². The Morgan fingerprint density at radius 1 is 1.06 bits per heavy atom. The third-order valence-electron chi connectivity index (χ3n) is 5.31. The monoisotopic (exact) mass is 478 g/mol. The lowest BCUT2D eigenvalue weighted by molar-refractivity contribution is -0.384. The highest BCUT2D eigenvalue weighted by Crippen LogP contribution is 2.38. The smallest absolute Gasteiger partial charge is 0.269 e. The average Bonchev–Trinajstić information content (AvgIpc) is 3.18. The van der Waals surface area contributed by atoms with Crippen LogP contribution in [0.1, 0.15) is 35.3 Å². The van der Waals surface area contributed by atoms with Crippen LogP contribution in [-0.4, -0.2) is 27.6 Å². The van der Waals surface area contributed by atoms with E-state index in [1.54, 1.807) is 55.5 Å². The first-order chi connectivity index (χ1) is 16.2. The van der Waals surface area contributed by atoms with E-state index in [0.29, 0.717) is 27.4 Å². The maximum absolute atomic E-state index is 12.7. The van der Waals surface area contributed by atoms with E-state index in [0.717, 1.165) is 0 Å². The number of nitro benzene ring substituents is 1. The molecule has 0 aliphatic carbocycles. The number of anilines is 1. The predicted molar refractivity (Wildman–Crippen MR) is 126 cm³/mol. The Balaban J connectivity index is 1.66. The third-order valence-corrected chi connectivity index (χ3v) is 5.57. The Morgan fingerprint density at radius 3 is 2.32 bits per heavy atom. The van der Waals surface area contributed by atoms with Crippen molar-refractivity contribution in [3.05, 3.63) is 105 Å². The van der Waals surface area contributed by atoms with Crippen molar-refractivity contribution in [1.82, 2.24) is 5.01 Å². The molecule has 0 fully saturated rings. The molecule has 0 saturated carbocycles. The second-order valence-electron chi connectivity index (χ2n) is 7.63. The van der Waals surface area contributed by atoms with Gasteiger partial charge in [-0.15, -0.1) is 5.10 Å². The second-order valence-corrected chi connectivity index (χ2v) is 8.07. The van der Waals surface area contributed by atoms with Crippen LogP contribution >= 0.6 is 11.6 Å². The predicted octanol–water partition coefficient (Wildman–Crippen LogP) is 4.91. The van der Waals surface area contributed by atoms with E-state index in [-0.39, 0.29) is 17.5 Å². The van der Waals surface area contributed by atoms with Crippen molar-refractivity contribution in [2.75, 3.05) is 5.32 Å². The molecule has 9 nitrogen and oxygen atoms in total. The molecule has 1 aliphatic rings. The number of hydrogen-bond acceptors (Lipinski definition) is 6. The summed E-state index contributed by atoms with van der Waals surface area (Å²) in [5, 5.41) is 19.9. The number of ether oxygens (including phenoxy) is 1. The Bertz CT molecular complexity index is 1310. The third kappa shape index (κ3) is 4.33. The first kappa shape index (κ1) is 22.9. The fourth-order valence-electron chi connectivity index (χ4n) is 3.57. The molecule has 3 aromatic rings. The summed E-state index contributed by atoms with van der Waals surface area (Å²) in [6.07, 6.45) is 0. The van der Waals surface area contributed by atoms with E-state index in [1.165, 1.54) is 36.2 Å². The molecule has 0 spiro atoms. The Labute approximate surface area is 199 Å². The van der Waals surface area contributed by atoms with E-state index in [1.807, 2.05) is 0 Å². The minimum atomic E-state index is -1.34. The number of benzene rings is 3. The minimum absolute atomic E-state index is 0.0869. The van der Waals surface area contributed by atoms with Crippen LogP contribution < -0.4 is 5.32 Å². The van der Waals surface area contributed by atoms with Crippen molar-refractivity contribution in [3.8, 4) is 0 Å². The van der Waals surface area contributed by atoms with Gasteiger partial charge in [-0.2, -0.15) is 5.01 Å². The number of para-hydroxylation sites is 1. The van der Waals surface area contributed by atoms with Gasteiger partial charge in [0.15, 0.2) is 0 Å². The molecule has 0 aromatic heterocycles.